The Hall–Kier alpha value is -1.80. The molecule has 1 saturated heterocycles. The summed E-state index contributed by atoms with van der Waals surface area (Å²) in [4.78, 5) is 9.87. The van der Waals surface area contributed by atoms with Gasteiger partial charge in [-0.25, -0.2) is 23.1 Å². The van der Waals surface area contributed by atoms with E-state index in [1.807, 2.05) is 39.6 Å². The predicted molar refractivity (Wildman–Crippen MR) is 122 cm³/mol. The number of aromatic nitrogens is 4. The molecule has 11 nitrogen and oxygen atoms in total. The average Bonchev–Trinajstić information content (AvgIpc) is 3.40. The van der Waals surface area contributed by atoms with Crippen LogP contribution in [-0.4, -0.2) is 73.1 Å². The molecule has 0 amide bonds. The van der Waals surface area contributed by atoms with E-state index in [-0.39, 0.29) is 22.6 Å². The van der Waals surface area contributed by atoms with E-state index in [0.717, 1.165) is 0 Å². The Morgan fingerprint density at radius 1 is 1.00 bits per heavy atom. The average molecular weight is 503 g/mol. The second-order valence-electron chi connectivity index (χ2n) is 9.46. The van der Waals surface area contributed by atoms with Crippen LogP contribution in [0.15, 0.2) is 35.1 Å². The number of likely N-dealkylation sites (N-methyl/N-ethyl adjacent to an activating group) is 1. The van der Waals surface area contributed by atoms with Crippen LogP contribution in [0.4, 0.5) is 0 Å². The molecule has 2 aromatic rings. The lowest BCUT2D eigenvalue weighted by Crippen LogP contribution is -2.38. The summed E-state index contributed by atoms with van der Waals surface area (Å²) in [5.74, 6) is 0.722. The van der Waals surface area contributed by atoms with E-state index in [1.54, 1.807) is 9.13 Å². The molecule has 3 rings (SSSR count). The van der Waals surface area contributed by atoms with Gasteiger partial charge < -0.3 is 9.13 Å². The quantitative estimate of drug-likeness (QED) is 0.453. The molecule has 0 radical (unpaired) electrons. The van der Waals surface area contributed by atoms with Crippen LogP contribution < -0.4 is 4.72 Å². The predicted octanol–water partition coefficient (Wildman–Crippen LogP) is 1.15. The third-order valence-corrected chi connectivity index (χ3v) is 7.88. The smallest absolute Gasteiger partial charge is 0.316 e. The molecule has 3 heterocycles. The number of hydrogen-bond acceptors (Lipinski definition) is 8. The summed E-state index contributed by atoms with van der Waals surface area (Å²) < 4.78 is 62.0. The number of imidazole rings is 2. The molecule has 0 unspecified atom stereocenters. The van der Waals surface area contributed by atoms with Crippen molar-refractivity contribution in [3.63, 3.8) is 0 Å². The number of nitrogens with one attached hydrogen (secondary N) is 1. The first-order valence-corrected chi connectivity index (χ1v) is 13.9. The van der Waals surface area contributed by atoms with Crippen LogP contribution in [0.25, 0.3) is 0 Å². The van der Waals surface area contributed by atoms with Crippen molar-refractivity contribution in [2.24, 2.45) is 11.8 Å². The van der Waals surface area contributed by atoms with Crippen LogP contribution in [0.2, 0.25) is 0 Å². The Bertz CT molecular complexity index is 1140. The Kier molecular flexibility index (Phi) is 7.99. The van der Waals surface area contributed by atoms with E-state index >= 15 is 0 Å². The van der Waals surface area contributed by atoms with Gasteiger partial charge in [0.05, 0.1) is 18.8 Å². The fraction of sp³-hybridized carbons (Fsp3) is 0.700. The minimum absolute atomic E-state index is 0.0313. The van der Waals surface area contributed by atoms with Crippen molar-refractivity contribution >= 4 is 20.1 Å². The summed E-state index contributed by atoms with van der Waals surface area (Å²) in [5.41, 5.74) is 0. The number of likely N-dealkylation sites (tertiary alicyclic amines) is 1. The molecule has 186 valence electrons. The number of sulfonamides is 1. The van der Waals surface area contributed by atoms with Gasteiger partial charge in [-0.3, -0.25) is 9.08 Å². The molecule has 13 heteroatoms. The largest absolute Gasteiger partial charge is 0.336 e. The van der Waals surface area contributed by atoms with Gasteiger partial charge in [0.2, 0.25) is 0 Å². The third kappa shape index (κ3) is 6.85. The zero-order valence-electron chi connectivity index (χ0n) is 19.7. The van der Waals surface area contributed by atoms with Gasteiger partial charge in [-0.2, -0.15) is 8.42 Å². The van der Waals surface area contributed by atoms with Gasteiger partial charge in [-0.15, -0.1) is 0 Å². The molecule has 2 aromatic heterocycles. The molecule has 2 atom stereocenters. The third-order valence-electron chi connectivity index (χ3n) is 5.32. The number of hydrogen-bond donors (Lipinski definition) is 1. The molecule has 0 spiro atoms. The van der Waals surface area contributed by atoms with Crippen molar-refractivity contribution in [3.05, 3.63) is 25.0 Å². The van der Waals surface area contributed by atoms with E-state index in [2.05, 4.69) is 14.7 Å². The standard InChI is InChI=1S/C20H34N6O5S2/c1-15(2)8-25-11-19(21-13-25)32(27,28)23-7-17-6-18(10-24(17)5)31-33(29,30)20-12-26(14-22-20)9-16(3)4/h11-18,23H,6-10H2,1-5H3/t17-,18+/m0/s1. The molecule has 0 aliphatic carbocycles. The van der Waals surface area contributed by atoms with Crippen LogP contribution in [0.5, 0.6) is 0 Å². The van der Waals surface area contributed by atoms with Crippen LogP contribution in [0.1, 0.15) is 34.1 Å². The highest BCUT2D eigenvalue weighted by Gasteiger charge is 2.35. The minimum Gasteiger partial charge on any atom is -0.336 e. The van der Waals surface area contributed by atoms with E-state index in [1.165, 1.54) is 25.0 Å². The first-order valence-electron chi connectivity index (χ1n) is 11.0. The highest BCUT2D eigenvalue weighted by molar-refractivity contribution is 7.89. The van der Waals surface area contributed by atoms with Gasteiger partial charge in [0.15, 0.2) is 10.1 Å². The molecule has 0 aromatic carbocycles. The summed E-state index contributed by atoms with van der Waals surface area (Å²) in [5, 5.41) is -0.150. The zero-order valence-corrected chi connectivity index (χ0v) is 21.4. The van der Waals surface area contributed by atoms with Crippen LogP contribution in [-0.2, 0) is 37.4 Å². The Morgan fingerprint density at radius 3 is 2.12 bits per heavy atom. The van der Waals surface area contributed by atoms with Gasteiger partial charge in [0.25, 0.3) is 10.0 Å². The summed E-state index contributed by atoms with van der Waals surface area (Å²) >= 11 is 0. The summed E-state index contributed by atoms with van der Waals surface area (Å²) in [6.07, 6.45) is 5.75. The van der Waals surface area contributed by atoms with Gasteiger partial charge in [0.1, 0.15) is 0 Å². The van der Waals surface area contributed by atoms with Crippen molar-refractivity contribution in [1.29, 1.82) is 0 Å². The SMILES string of the molecule is CC(C)Cn1cnc(S(=O)(=O)NC[C@@H]2C[C@@H](OS(=O)(=O)c3cn(CC(C)C)cn3)CN2C)c1. The second kappa shape index (κ2) is 10.2. The van der Waals surface area contributed by atoms with Gasteiger partial charge in [0, 0.05) is 44.6 Å². The van der Waals surface area contributed by atoms with Crippen LogP contribution in [0.3, 0.4) is 0 Å². The molecule has 1 N–H and O–H groups in total. The highest BCUT2D eigenvalue weighted by Crippen LogP contribution is 2.23. The Morgan fingerprint density at radius 2 is 1.55 bits per heavy atom. The molecule has 1 aliphatic rings. The molecule has 33 heavy (non-hydrogen) atoms. The fourth-order valence-electron chi connectivity index (χ4n) is 3.84. The van der Waals surface area contributed by atoms with Crippen molar-refractivity contribution in [2.75, 3.05) is 20.1 Å². The Labute approximate surface area is 196 Å². The summed E-state index contributed by atoms with van der Waals surface area (Å²) in [6, 6.07) is -0.212. The van der Waals surface area contributed by atoms with E-state index < -0.39 is 26.2 Å². The fourth-order valence-corrected chi connectivity index (χ4v) is 5.89. The first kappa shape index (κ1) is 25.8. The molecule has 0 bridgehead atoms. The van der Waals surface area contributed by atoms with E-state index in [0.29, 0.717) is 37.9 Å². The van der Waals surface area contributed by atoms with E-state index in [4.69, 9.17) is 4.18 Å². The monoisotopic (exact) mass is 502 g/mol. The van der Waals surface area contributed by atoms with E-state index in [9.17, 15) is 16.8 Å². The lowest BCUT2D eigenvalue weighted by atomic mass is 10.2. The lowest BCUT2D eigenvalue weighted by Gasteiger charge is -2.18. The van der Waals surface area contributed by atoms with Crippen molar-refractivity contribution < 1.29 is 21.0 Å². The summed E-state index contributed by atoms with van der Waals surface area (Å²) in [6.45, 7) is 9.97. The topological polar surface area (TPSA) is 128 Å². The van der Waals surface area contributed by atoms with Crippen LogP contribution in [0, 0.1) is 11.8 Å². The molecule has 1 aliphatic heterocycles. The molecule has 0 saturated carbocycles. The van der Waals surface area contributed by atoms with Crippen LogP contribution >= 0.6 is 0 Å². The molecular weight excluding hydrogens is 468 g/mol. The van der Waals surface area contributed by atoms with Gasteiger partial charge >= 0.3 is 10.1 Å². The van der Waals surface area contributed by atoms with Crippen molar-refractivity contribution in [3.8, 4) is 0 Å². The minimum atomic E-state index is -4.01. The first-order chi connectivity index (χ1) is 15.4. The van der Waals surface area contributed by atoms with Crippen molar-refractivity contribution in [2.45, 2.75) is 69.4 Å². The number of rotatable bonds is 11. The van der Waals surface area contributed by atoms with Gasteiger partial charge in [-0.05, 0) is 25.3 Å². The normalized spacial score (nSPS) is 20.3. The second-order valence-corrected chi connectivity index (χ2v) is 12.7. The van der Waals surface area contributed by atoms with Gasteiger partial charge in [-0.1, -0.05) is 27.7 Å². The summed E-state index contributed by atoms with van der Waals surface area (Å²) in [7, 11) is -5.97. The maximum atomic E-state index is 12.6. The molecule has 1 fully saturated rings. The lowest BCUT2D eigenvalue weighted by molar-refractivity contribution is 0.214. The molecular formula is C20H34N6O5S2. The maximum Gasteiger partial charge on any atom is 0.316 e. The number of nitrogens with zero attached hydrogens (tertiary/aromatic N) is 5. The Balaban J connectivity index is 1.57. The maximum absolute atomic E-state index is 12.6. The zero-order chi connectivity index (χ0) is 24.4. The highest BCUT2D eigenvalue weighted by atomic mass is 32.2. The van der Waals surface area contributed by atoms with Crippen molar-refractivity contribution in [1.82, 2.24) is 28.7 Å².